The van der Waals surface area contributed by atoms with Crippen LogP contribution in [0.15, 0.2) is 40.8 Å². The van der Waals surface area contributed by atoms with Crippen molar-refractivity contribution in [3.8, 4) is 11.3 Å². The van der Waals surface area contributed by atoms with Crippen molar-refractivity contribution in [2.24, 2.45) is 0 Å². The Labute approximate surface area is 150 Å². The van der Waals surface area contributed by atoms with E-state index in [0.29, 0.717) is 48.3 Å². The number of piperazine rings is 1. The first-order chi connectivity index (χ1) is 12.0. The summed E-state index contributed by atoms with van der Waals surface area (Å²) in [6.07, 6.45) is 0. The summed E-state index contributed by atoms with van der Waals surface area (Å²) in [6.45, 7) is 4.14. The third-order valence-electron chi connectivity index (χ3n) is 4.17. The molecule has 1 fully saturated rings. The van der Waals surface area contributed by atoms with E-state index in [9.17, 15) is 14.9 Å². The zero-order chi connectivity index (χ0) is 18.0. The lowest BCUT2D eigenvalue weighted by Gasteiger charge is -2.35. The second-order valence-corrected chi connectivity index (χ2v) is 6.16. The Hall–Kier alpha value is -2.74. The maximum atomic E-state index is 11.4. The highest BCUT2D eigenvalue weighted by Crippen LogP contribution is 2.26. The van der Waals surface area contributed by atoms with Crippen LogP contribution in [0.25, 0.3) is 11.3 Å². The van der Waals surface area contributed by atoms with Gasteiger partial charge in [0.2, 0.25) is 5.91 Å². The van der Waals surface area contributed by atoms with Crippen molar-refractivity contribution in [1.82, 2.24) is 9.80 Å². The summed E-state index contributed by atoms with van der Waals surface area (Å²) in [4.78, 5) is 26.2. The van der Waals surface area contributed by atoms with Crippen LogP contribution in [-0.2, 0) is 4.79 Å². The Balaban J connectivity index is 1.73. The van der Waals surface area contributed by atoms with Gasteiger partial charge in [-0.15, -0.1) is 0 Å². The smallest absolute Gasteiger partial charge is 0.270 e. The van der Waals surface area contributed by atoms with Gasteiger partial charge in [0.1, 0.15) is 10.7 Å². The van der Waals surface area contributed by atoms with E-state index in [1.807, 2.05) is 4.90 Å². The molecule has 1 aliphatic rings. The van der Waals surface area contributed by atoms with Gasteiger partial charge < -0.3 is 14.2 Å². The van der Waals surface area contributed by atoms with Gasteiger partial charge >= 0.3 is 0 Å². The average Bonchev–Trinajstić information content (AvgIpc) is 3.11. The fourth-order valence-electron chi connectivity index (χ4n) is 2.76. The summed E-state index contributed by atoms with van der Waals surface area (Å²) < 4.78 is 5.81. The Kier molecular flexibility index (Phi) is 4.80. The molecule has 1 aromatic carbocycles. The molecule has 2 heterocycles. The van der Waals surface area contributed by atoms with Crippen LogP contribution in [0.2, 0.25) is 0 Å². The number of thiocarbonyl (C=S) groups is 1. The van der Waals surface area contributed by atoms with Crippen molar-refractivity contribution in [3.63, 3.8) is 0 Å². The quantitative estimate of drug-likeness (QED) is 0.476. The van der Waals surface area contributed by atoms with Gasteiger partial charge in [-0.25, -0.2) is 0 Å². The van der Waals surface area contributed by atoms with E-state index in [-0.39, 0.29) is 11.6 Å². The molecule has 1 aromatic heterocycles. The molecule has 0 aliphatic carbocycles. The molecule has 1 saturated heterocycles. The van der Waals surface area contributed by atoms with E-state index >= 15 is 0 Å². The number of carbonyl (C=O) groups excluding carboxylic acids is 1. The van der Waals surface area contributed by atoms with E-state index in [1.165, 1.54) is 12.1 Å². The molecule has 3 rings (SSSR count). The molecule has 8 heteroatoms. The molecule has 0 spiro atoms. The van der Waals surface area contributed by atoms with Gasteiger partial charge in [-0.05, 0) is 12.1 Å². The van der Waals surface area contributed by atoms with Crippen LogP contribution < -0.4 is 0 Å². The van der Waals surface area contributed by atoms with Gasteiger partial charge in [-0.1, -0.05) is 24.4 Å². The highest BCUT2D eigenvalue weighted by atomic mass is 32.1. The number of nitrogens with zero attached hydrogens (tertiary/aromatic N) is 3. The SMILES string of the molecule is CC(=O)N1CCN(C(=S)c2ccc(-c3cccc([N+](=O)[O-])c3)o2)CC1. The van der Waals surface area contributed by atoms with E-state index in [0.717, 1.165) is 0 Å². The normalized spacial score (nSPS) is 14.4. The molecule has 7 nitrogen and oxygen atoms in total. The number of nitro groups is 1. The van der Waals surface area contributed by atoms with Gasteiger partial charge in [0.15, 0.2) is 5.76 Å². The monoisotopic (exact) mass is 359 g/mol. The number of hydrogen-bond donors (Lipinski definition) is 0. The molecule has 0 atom stereocenters. The Morgan fingerprint density at radius 1 is 1.16 bits per heavy atom. The molecule has 0 N–H and O–H groups in total. The minimum atomic E-state index is -0.438. The highest BCUT2D eigenvalue weighted by molar-refractivity contribution is 7.80. The van der Waals surface area contributed by atoms with Crippen LogP contribution in [-0.4, -0.2) is 51.8 Å². The number of amides is 1. The minimum Gasteiger partial charge on any atom is -0.454 e. The molecule has 1 amide bonds. The van der Waals surface area contributed by atoms with Gasteiger partial charge in [-0.2, -0.15) is 0 Å². The minimum absolute atomic E-state index is 0.0124. The lowest BCUT2D eigenvalue weighted by Crippen LogP contribution is -2.49. The van der Waals surface area contributed by atoms with Crippen molar-refractivity contribution in [2.75, 3.05) is 26.2 Å². The van der Waals surface area contributed by atoms with Crippen molar-refractivity contribution in [1.29, 1.82) is 0 Å². The van der Waals surface area contributed by atoms with Crippen LogP contribution in [0, 0.1) is 10.1 Å². The summed E-state index contributed by atoms with van der Waals surface area (Å²) >= 11 is 5.50. The second kappa shape index (κ2) is 7.02. The fourth-order valence-corrected chi connectivity index (χ4v) is 3.05. The second-order valence-electron chi connectivity index (χ2n) is 5.77. The fraction of sp³-hybridized carbons (Fsp3) is 0.294. The first kappa shape index (κ1) is 17.1. The van der Waals surface area contributed by atoms with Crippen LogP contribution in [0.5, 0.6) is 0 Å². The van der Waals surface area contributed by atoms with E-state index in [1.54, 1.807) is 36.1 Å². The van der Waals surface area contributed by atoms with Gasteiger partial charge in [-0.3, -0.25) is 14.9 Å². The first-order valence-electron chi connectivity index (χ1n) is 7.85. The molecule has 130 valence electrons. The lowest BCUT2D eigenvalue weighted by atomic mass is 10.1. The number of furan rings is 1. The molecule has 1 aliphatic heterocycles. The third-order valence-corrected chi connectivity index (χ3v) is 4.63. The zero-order valence-electron chi connectivity index (χ0n) is 13.7. The molecule has 0 bridgehead atoms. The predicted molar refractivity (Wildman–Crippen MR) is 96.3 cm³/mol. The molecule has 25 heavy (non-hydrogen) atoms. The van der Waals surface area contributed by atoms with Crippen LogP contribution in [0.1, 0.15) is 12.7 Å². The van der Waals surface area contributed by atoms with Crippen molar-refractivity contribution in [2.45, 2.75) is 6.92 Å². The molecule has 0 radical (unpaired) electrons. The average molecular weight is 359 g/mol. The predicted octanol–water partition coefficient (Wildman–Crippen LogP) is 2.69. The van der Waals surface area contributed by atoms with E-state index < -0.39 is 4.92 Å². The molecule has 2 aromatic rings. The first-order valence-corrected chi connectivity index (χ1v) is 8.26. The van der Waals surface area contributed by atoms with Crippen LogP contribution >= 0.6 is 12.2 Å². The number of benzene rings is 1. The lowest BCUT2D eigenvalue weighted by molar-refractivity contribution is -0.384. The summed E-state index contributed by atoms with van der Waals surface area (Å²) in [7, 11) is 0. The van der Waals surface area contributed by atoms with Crippen molar-refractivity contribution >= 4 is 28.8 Å². The van der Waals surface area contributed by atoms with Crippen molar-refractivity contribution < 1.29 is 14.1 Å². The highest BCUT2D eigenvalue weighted by Gasteiger charge is 2.23. The Bertz CT molecular complexity index is 825. The zero-order valence-corrected chi connectivity index (χ0v) is 14.5. The largest absolute Gasteiger partial charge is 0.454 e. The maximum absolute atomic E-state index is 11.4. The molecule has 0 unspecified atom stereocenters. The number of carbonyl (C=O) groups is 1. The summed E-state index contributed by atoms with van der Waals surface area (Å²) in [5, 5.41) is 10.9. The van der Waals surface area contributed by atoms with Gasteiger partial charge in [0.25, 0.3) is 5.69 Å². The number of nitro benzene ring substituents is 1. The topological polar surface area (TPSA) is 79.8 Å². The third kappa shape index (κ3) is 3.69. The van der Waals surface area contributed by atoms with Crippen LogP contribution in [0.3, 0.4) is 0 Å². The number of hydrogen-bond acceptors (Lipinski definition) is 5. The van der Waals surface area contributed by atoms with Crippen LogP contribution in [0.4, 0.5) is 5.69 Å². The summed E-state index contributed by atoms with van der Waals surface area (Å²) in [5.74, 6) is 1.15. The molecular formula is C17H17N3O4S. The standard InChI is InChI=1S/C17H17N3O4S/c1-12(21)18-7-9-19(10-8-18)17(25)16-6-5-15(24-16)13-3-2-4-14(11-13)20(22)23/h2-6,11H,7-10H2,1H3. The van der Waals surface area contributed by atoms with Gasteiger partial charge in [0, 0.05) is 50.8 Å². The van der Waals surface area contributed by atoms with Gasteiger partial charge in [0.05, 0.1) is 4.92 Å². The van der Waals surface area contributed by atoms with E-state index in [4.69, 9.17) is 16.6 Å². The number of non-ortho nitro benzene ring substituents is 1. The Morgan fingerprint density at radius 3 is 2.48 bits per heavy atom. The number of rotatable bonds is 3. The van der Waals surface area contributed by atoms with E-state index in [2.05, 4.69) is 0 Å². The molecular weight excluding hydrogens is 342 g/mol. The maximum Gasteiger partial charge on any atom is 0.270 e. The Morgan fingerprint density at radius 2 is 1.84 bits per heavy atom. The summed E-state index contributed by atoms with van der Waals surface area (Å²) in [5.41, 5.74) is 0.642. The summed E-state index contributed by atoms with van der Waals surface area (Å²) in [6, 6.07) is 9.81. The molecule has 0 saturated carbocycles. The van der Waals surface area contributed by atoms with Crippen molar-refractivity contribution in [3.05, 3.63) is 52.3 Å².